The van der Waals surface area contributed by atoms with Gasteiger partial charge in [0.05, 0.1) is 98.1 Å². The van der Waals surface area contributed by atoms with Gasteiger partial charge >= 0.3 is 0 Å². The molecule has 6 aromatic carbocycles. The lowest BCUT2D eigenvalue weighted by atomic mass is 10.0. The number of methoxy groups -OCH3 is 7. The Balaban J connectivity index is 1.05. The van der Waals surface area contributed by atoms with Gasteiger partial charge in [0.2, 0.25) is 11.9 Å². The molecule has 0 spiro atoms. The quantitative estimate of drug-likeness (QED) is 0.0520. The topological polar surface area (TPSA) is 162 Å². The van der Waals surface area contributed by atoms with Crippen LogP contribution in [0.15, 0.2) is 122 Å². The molecule has 16 heteroatoms. The van der Waals surface area contributed by atoms with E-state index in [4.69, 9.17) is 62.6 Å². The largest absolute Gasteiger partial charge is 0.497 e. The Kier molecular flexibility index (Phi) is 16.9. The first-order chi connectivity index (χ1) is 34.8. The zero-order chi connectivity index (χ0) is 49.5. The monoisotopic (exact) mass is 961 g/mol. The lowest BCUT2D eigenvalue weighted by Crippen LogP contribution is -2.27. The molecule has 0 saturated heterocycles. The van der Waals surface area contributed by atoms with Gasteiger partial charge in [-0.15, -0.1) is 0 Å². The van der Waals surface area contributed by atoms with Crippen molar-refractivity contribution in [3.63, 3.8) is 0 Å². The molecule has 8 rings (SSSR count). The van der Waals surface area contributed by atoms with Gasteiger partial charge in [-0.3, -0.25) is 4.90 Å². The van der Waals surface area contributed by atoms with Gasteiger partial charge in [0.1, 0.15) is 34.5 Å². The highest BCUT2D eigenvalue weighted by molar-refractivity contribution is 5.95. The summed E-state index contributed by atoms with van der Waals surface area (Å²) in [4.78, 5) is 21.8. The maximum Gasteiger partial charge on any atom is 0.227 e. The fourth-order valence-corrected chi connectivity index (χ4v) is 8.16. The molecule has 0 atom stereocenters. The number of hydrogen-bond donors (Lipinski definition) is 2. The highest BCUT2D eigenvalue weighted by atomic mass is 16.5. The van der Waals surface area contributed by atoms with Crippen molar-refractivity contribution in [1.82, 2.24) is 24.8 Å². The summed E-state index contributed by atoms with van der Waals surface area (Å²) in [6.45, 7) is 4.24. The minimum Gasteiger partial charge on any atom is -0.497 e. The second kappa shape index (κ2) is 24.2. The standard InChI is InChI=1S/C55H59N7O9/c1-63-20-21-71-23-22-70-19-18-62(34-36-14-16-50(68-6)48(24-36)58-54-56-32-38-10-8-12-46(52(38)60-54)40-26-42(64-2)30-43(27-40)65-3)35-37-15-17-51(69-7)49(25-37)59-55-57-33-39-11-9-13-47(53(39)61-55)41-28-44(66-4)31-45(29-41)67-5/h8-17,24-33H,18-23,34-35H2,1-7H3,(H,56,58,60)(H,57,59,61). The average molecular weight is 962 g/mol. The fourth-order valence-electron chi connectivity index (χ4n) is 8.16. The van der Waals surface area contributed by atoms with Gasteiger partial charge < -0.3 is 53.3 Å². The molecule has 2 aromatic heterocycles. The normalized spacial score (nSPS) is 11.2. The Bertz CT molecular complexity index is 2830. The van der Waals surface area contributed by atoms with Crippen molar-refractivity contribution >= 4 is 45.1 Å². The van der Waals surface area contributed by atoms with Crippen molar-refractivity contribution in [2.45, 2.75) is 13.1 Å². The Morgan fingerprint density at radius 1 is 0.451 bits per heavy atom. The molecule has 2 heterocycles. The van der Waals surface area contributed by atoms with E-state index in [1.807, 2.05) is 97.3 Å². The zero-order valence-corrected chi connectivity index (χ0v) is 41.1. The van der Waals surface area contributed by atoms with E-state index in [1.165, 1.54) is 0 Å². The number of aromatic nitrogens is 4. The summed E-state index contributed by atoms with van der Waals surface area (Å²) in [5.74, 6) is 4.84. The first kappa shape index (κ1) is 49.7. The van der Waals surface area contributed by atoms with E-state index >= 15 is 0 Å². The van der Waals surface area contributed by atoms with Crippen molar-refractivity contribution in [2.24, 2.45) is 0 Å². The van der Waals surface area contributed by atoms with Crippen LogP contribution in [-0.2, 0) is 27.3 Å². The third-order valence-electron chi connectivity index (χ3n) is 11.7. The SMILES string of the molecule is COCCOCCOCCN(Cc1ccc(OC)c(Nc2ncc3cccc(-c4cc(OC)cc(OC)c4)c3n2)c1)Cc1ccc(OC)c(Nc2ncc3cccc(-c4cc(OC)cc(OC)c4)c3n2)c1. The number of fused-ring (bicyclic) bond motifs is 2. The minimum absolute atomic E-state index is 0.415. The second-order valence-electron chi connectivity index (χ2n) is 16.3. The molecule has 0 aliphatic carbocycles. The van der Waals surface area contributed by atoms with Gasteiger partial charge in [-0.25, -0.2) is 19.9 Å². The molecular weight excluding hydrogens is 903 g/mol. The van der Waals surface area contributed by atoms with Crippen molar-refractivity contribution in [2.75, 3.05) is 100.0 Å². The number of rotatable bonds is 25. The van der Waals surface area contributed by atoms with Crippen LogP contribution in [0, 0.1) is 0 Å². The van der Waals surface area contributed by atoms with E-state index in [1.54, 1.807) is 49.8 Å². The van der Waals surface area contributed by atoms with E-state index in [-0.39, 0.29) is 0 Å². The predicted molar refractivity (Wildman–Crippen MR) is 276 cm³/mol. The summed E-state index contributed by atoms with van der Waals surface area (Å²) in [5.41, 5.74) is 8.66. The van der Waals surface area contributed by atoms with Crippen LogP contribution in [0.3, 0.4) is 0 Å². The van der Waals surface area contributed by atoms with E-state index in [0.29, 0.717) is 110 Å². The van der Waals surface area contributed by atoms with Crippen LogP contribution < -0.4 is 39.1 Å². The zero-order valence-electron chi connectivity index (χ0n) is 41.1. The molecule has 0 fully saturated rings. The average Bonchev–Trinajstić information content (AvgIpc) is 3.41. The lowest BCUT2D eigenvalue weighted by Gasteiger charge is -2.24. The minimum atomic E-state index is 0.415. The van der Waals surface area contributed by atoms with Gasteiger partial charge in [0, 0.05) is 73.2 Å². The molecule has 0 saturated carbocycles. The number of hydrogen-bond acceptors (Lipinski definition) is 16. The fraction of sp³-hybridized carbons (Fsp3) is 0.273. The molecule has 2 N–H and O–H groups in total. The van der Waals surface area contributed by atoms with Gasteiger partial charge in [-0.2, -0.15) is 0 Å². The molecule has 0 aliphatic heterocycles. The van der Waals surface area contributed by atoms with Crippen molar-refractivity contribution in [3.8, 4) is 56.8 Å². The molecule has 0 unspecified atom stereocenters. The van der Waals surface area contributed by atoms with Crippen molar-refractivity contribution in [1.29, 1.82) is 0 Å². The van der Waals surface area contributed by atoms with Crippen molar-refractivity contribution in [3.05, 3.63) is 133 Å². The summed E-state index contributed by atoms with van der Waals surface area (Å²) in [6.07, 6.45) is 3.63. The number of ether oxygens (including phenoxy) is 9. The van der Waals surface area contributed by atoms with Gasteiger partial charge in [0.15, 0.2) is 0 Å². The molecule has 16 nitrogen and oxygen atoms in total. The van der Waals surface area contributed by atoms with Crippen LogP contribution in [0.2, 0.25) is 0 Å². The smallest absolute Gasteiger partial charge is 0.227 e. The molecule has 0 radical (unpaired) electrons. The number of anilines is 4. The molecule has 0 aliphatic rings. The number of nitrogens with zero attached hydrogens (tertiary/aromatic N) is 5. The first-order valence-corrected chi connectivity index (χ1v) is 23.0. The van der Waals surface area contributed by atoms with Crippen LogP contribution in [0.4, 0.5) is 23.3 Å². The van der Waals surface area contributed by atoms with Crippen LogP contribution in [0.1, 0.15) is 11.1 Å². The van der Waals surface area contributed by atoms with E-state index in [2.05, 4.69) is 39.8 Å². The van der Waals surface area contributed by atoms with Crippen LogP contribution >= 0.6 is 0 Å². The van der Waals surface area contributed by atoms with Gasteiger partial charge in [-0.05, 0) is 70.8 Å². The van der Waals surface area contributed by atoms with Crippen LogP contribution in [0.5, 0.6) is 34.5 Å². The van der Waals surface area contributed by atoms with Crippen LogP contribution in [-0.4, -0.2) is 114 Å². The molecule has 0 bridgehead atoms. The highest BCUT2D eigenvalue weighted by Crippen LogP contribution is 2.37. The second-order valence-corrected chi connectivity index (χ2v) is 16.3. The summed E-state index contributed by atoms with van der Waals surface area (Å²) in [6, 6.07) is 35.7. The predicted octanol–water partition coefficient (Wildman–Crippen LogP) is 10.1. The Morgan fingerprint density at radius 3 is 1.31 bits per heavy atom. The first-order valence-electron chi connectivity index (χ1n) is 23.0. The van der Waals surface area contributed by atoms with Crippen molar-refractivity contribution < 1.29 is 42.6 Å². The van der Waals surface area contributed by atoms with Gasteiger partial charge in [0.25, 0.3) is 0 Å². The number of para-hydroxylation sites is 2. The maximum absolute atomic E-state index is 6.07. The number of nitrogens with one attached hydrogen (secondary N) is 2. The van der Waals surface area contributed by atoms with Gasteiger partial charge in [-0.1, -0.05) is 48.5 Å². The Hall–Kier alpha value is -7.76. The van der Waals surface area contributed by atoms with Crippen LogP contribution in [0.25, 0.3) is 44.1 Å². The highest BCUT2D eigenvalue weighted by Gasteiger charge is 2.17. The maximum atomic E-state index is 6.07. The van der Waals surface area contributed by atoms with E-state index in [0.717, 1.165) is 55.2 Å². The molecule has 0 amide bonds. The summed E-state index contributed by atoms with van der Waals surface area (Å²) in [7, 11) is 11.5. The Morgan fingerprint density at radius 2 is 0.887 bits per heavy atom. The summed E-state index contributed by atoms with van der Waals surface area (Å²) < 4.78 is 50.8. The number of benzene rings is 6. The van der Waals surface area contributed by atoms with E-state index < -0.39 is 0 Å². The molecule has 71 heavy (non-hydrogen) atoms. The molecule has 8 aromatic rings. The van der Waals surface area contributed by atoms with E-state index in [9.17, 15) is 0 Å². The summed E-state index contributed by atoms with van der Waals surface area (Å²) >= 11 is 0. The third-order valence-corrected chi connectivity index (χ3v) is 11.7. The molecule has 368 valence electrons. The lowest BCUT2D eigenvalue weighted by molar-refractivity contribution is 0.0184. The summed E-state index contributed by atoms with van der Waals surface area (Å²) in [5, 5.41) is 8.68. The third kappa shape index (κ3) is 12.5. The Labute approximate surface area is 413 Å². The molecular formula is C55H59N7O9.